The second-order valence-corrected chi connectivity index (χ2v) is 44.2. The summed E-state index contributed by atoms with van der Waals surface area (Å²) in [7, 11) is 0. The Morgan fingerprint density at radius 2 is 0.719 bits per heavy atom. The number of cyclic esters (lactones) is 3. The number of esters is 13. The molecule has 28 unspecified atom stereocenters. The SMILES string of the molecule is CC(=O)OC1C(=O)OC2C3OC4(OC3OC12)C1CC2CC4CC(OC(=O)C(C)(F)F)(C2)C1.CC(F)(F)C(=O)OC12CC3CC(C1)C1(OC4COC(=O)C4O1)C(C3)C2.CC(F)(F)C(=O)OC12CC3CC(C1)C1(OC4OC5C(O)C(=O)OC5C4O1)C(C3)C2.CC(F)(F)C(=O)OC1CCOC1=O.CC(F)(F)C(=O)OC1COC(=O)C1.CCOC(C)OC1C(=O)OC2C3OC4(OC3OC12)C1CC2CC4CC(OC(=O)C(C)(F)F)(C2)C1. The van der Waals surface area contributed by atoms with Crippen molar-refractivity contribution in [1.29, 1.82) is 0 Å². The number of halogens is 12. The fourth-order valence-corrected chi connectivity index (χ4v) is 28.3. The number of ether oxygens (including phenoxy) is 26. The minimum absolute atomic E-state index is 0.0598. The molecule has 40 nitrogen and oxygen atoms in total. The van der Waals surface area contributed by atoms with Crippen LogP contribution in [0.15, 0.2) is 0 Å². The van der Waals surface area contributed by atoms with Gasteiger partial charge in [0.1, 0.15) is 66.1 Å². The van der Waals surface area contributed by atoms with Crippen molar-refractivity contribution >= 4 is 77.6 Å². The van der Waals surface area contributed by atoms with Crippen LogP contribution in [0, 0.1) is 71.0 Å². The van der Waals surface area contributed by atoms with Gasteiger partial charge < -0.3 is 128 Å². The number of carbonyl (C=O) groups is 13. The van der Waals surface area contributed by atoms with Gasteiger partial charge in [-0.25, -0.2) is 52.7 Å². The van der Waals surface area contributed by atoms with Crippen molar-refractivity contribution in [2.24, 2.45) is 71.0 Å². The Bertz CT molecular complexity index is 5120. The number of carbonyl (C=O) groups excluding carboxylic acids is 13. The van der Waals surface area contributed by atoms with Crippen LogP contribution >= 0.6 is 0 Å². The highest BCUT2D eigenvalue weighted by atomic mass is 19.3. The van der Waals surface area contributed by atoms with E-state index in [0.29, 0.717) is 131 Å². The molecule has 29 rings (SSSR count). The zero-order chi connectivity index (χ0) is 105. The molecule has 812 valence electrons. The molecule has 1 N–H and O–H groups in total. The molecule has 16 saturated carbocycles. The van der Waals surface area contributed by atoms with E-state index in [1.165, 1.54) is 6.92 Å². The van der Waals surface area contributed by atoms with Gasteiger partial charge in [0, 0.05) is 109 Å². The van der Waals surface area contributed by atoms with Crippen molar-refractivity contribution < 1.29 is 243 Å². The summed E-state index contributed by atoms with van der Waals surface area (Å²) in [6, 6.07) is 0. The van der Waals surface area contributed by atoms with Gasteiger partial charge in [0.2, 0.25) is 12.2 Å². The summed E-state index contributed by atoms with van der Waals surface area (Å²) in [6.07, 6.45) is -3.98. The van der Waals surface area contributed by atoms with Gasteiger partial charge in [0.25, 0.3) is 0 Å². The van der Waals surface area contributed by atoms with Gasteiger partial charge in [0.15, 0.2) is 103 Å². The third-order valence-corrected chi connectivity index (χ3v) is 33.2. The molecule has 146 heavy (non-hydrogen) atoms. The largest absolute Gasteiger partial charge is 0.463 e. The molecule has 13 heterocycles. The van der Waals surface area contributed by atoms with Gasteiger partial charge in [0.05, 0.1) is 13.0 Å². The molecular formula is C94H112F12O40. The molecule has 28 atom stereocenters. The molecule has 29 fully saturated rings. The Hall–Kier alpha value is -8.29. The molecule has 4 spiro atoms. The van der Waals surface area contributed by atoms with Crippen molar-refractivity contribution in [2.75, 3.05) is 26.4 Å². The van der Waals surface area contributed by atoms with Crippen LogP contribution in [-0.2, 0) is 185 Å². The highest BCUT2D eigenvalue weighted by Crippen LogP contribution is 2.71. The van der Waals surface area contributed by atoms with Gasteiger partial charge >= 0.3 is 113 Å². The Balaban J connectivity index is 0.000000110. The fraction of sp³-hybridized carbons (Fsp3) is 0.862. The van der Waals surface area contributed by atoms with Crippen LogP contribution in [0.2, 0.25) is 0 Å². The lowest BCUT2D eigenvalue weighted by Crippen LogP contribution is -2.66. The molecule has 0 aromatic rings. The lowest BCUT2D eigenvalue weighted by molar-refractivity contribution is -0.344. The molecule has 0 radical (unpaired) electrons. The van der Waals surface area contributed by atoms with Crippen molar-refractivity contribution in [3.8, 4) is 0 Å². The van der Waals surface area contributed by atoms with Gasteiger partial charge in [-0.3, -0.25) is 9.59 Å². The second-order valence-electron chi connectivity index (χ2n) is 44.2. The summed E-state index contributed by atoms with van der Waals surface area (Å²) in [5.74, 6) is -38.5. The predicted molar refractivity (Wildman–Crippen MR) is 437 cm³/mol. The van der Waals surface area contributed by atoms with E-state index in [9.17, 15) is 120 Å². The van der Waals surface area contributed by atoms with Crippen LogP contribution in [-0.4, -0.2) is 313 Å². The van der Waals surface area contributed by atoms with Crippen molar-refractivity contribution in [3.05, 3.63) is 0 Å². The van der Waals surface area contributed by atoms with E-state index in [4.69, 9.17) is 104 Å². The molecule has 0 aromatic carbocycles. The van der Waals surface area contributed by atoms with Gasteiger partial charge in [-0.05, 0) is 166 Å². The number of fused-ring (bicyclic) bond motifs is 10. The third-order valence-electron chi connectivity index (χ3n) is 33.2. The van der Waals surface area contributed by atoms with E-state index in [-0.39, 0.29) is 97.8 Å². The lowest BCUT2D eigenvalue weighted by atomic mass is 9.51. The van der Waals surface area contributed by atoms with E-state index in [0.717, 1.165) is 51.4 Å². The summed E-state index contributed by atoms with van der Waals surface area (Å²) in [6.45, 7) is 8.39. The van der Waals surface area contributed by atoms with E-state index in [2.05, 4.69) is 18.9 Å². The topological polar surface area (TPSA) is 482 Å². The maximum atomic E-state index is 13.6. The highest BCUT2D eigenvalue weighted by Gasteiger charge is 2.80. The maximum absolute atomic E-state index is 13.6. The van der Waals surface area contributed by atoms with Crippen molar-refractivity contribution in [1.82, 2.24) is 0 Å². The van der Waals surface area contributed by atoms with Crippen LogP contribution in [0.5, 0.6) is 0 Å². The number of aliphatic hydroxyl groups excluding tert-OH is 1. The van der Waals surface area contributed by atoms with Gasteiger partial charge in [-0.2, -0.15) is 52.7 Å². The first-order valence-corrected chi connectivity index (χ1v) is 49.4. The molecule has 0 amide bonds. The molecule has 16 bridgehead atoms. The quantitative estimate of drug-likeness (QED) is 0.0639. The Morgan fingerprint density at radius 1 is 0.377 bits per heavy atom. The smallest absolute Gasteiger partial charge is 0.377 e. The minimum Gasteiger partial charge on any atom is -0.463 e. The Kier molecular flexibility index (Phi) is 26.2. The first kappa shape index (κ1) is 105. The molecule has 13 aliphatic heterocycles. The van der Waals surface area contributed by atoms with Crippen LogP contribution in [0.25, 0.3) is 0 Å². The number of alkyl halides is 12. The first-order valence-electron chi connectivity index (χ1n) is 49.4. The monoisotopic (exact) mass is 2110 g/mol. The normalized spacial score (nSPS) is 46.0. The van der Waals surface area contributed by atoms with E-state index in [1.807, 2.05) is 6.92 Å². The highest BCUT2D eigenvalue weighted by molar-refractivity contribution is 5.85. The average molecular weight is 2110 g/mol. The summed E-state index contributed by atoms with van der Waals surface area (Å²) in [4.78, 5) is 149. The minimum atomic E-state index is -3.57. The molecule has 13 saturated heterocycles. The maximum Gasteiger partial charge on any atom is 0.377 e. The Morgan fingerprint density at radius 3 is 1.05 bits per heavy atom. The first-order chi connectivity index (χ1) is 68.1. The molecule has 0 aromatic heterocycles. The fourth-order valence-electron chi connectivity index (χ4n) is 28.3. The van der Waals surface area contributed by atoms with E-state index in [1.54, 1.807) is 6.92 Å². The molecule has 16 aliphatic carbocycles. The number of aliphatic hydroxyl groups is 1. The van der Waals surface area contributed by atoms with E-state index < -0.39 is 282 Å². The zero-order valence-electron chi connectivity index (χ0n) is 80.3. The van der Waals surface area contributed by atoms with Crippen molar-refractivity contribution in [3.63, 3.8) is 0 Å². The molecule has 29 aliphatic rings. The average Bonchev–Trinajstić information content (AvgIpc) is 1.51. The summed E-state index contributed by atoms with van der Waals surface area (Å²) >= 11 is 0. The van der Waals surface area contributed by atoms with Crippen LogP contribution in [0.1, 0.15) is 204 Å². The van der Waals surface area contributed by atoms with Gasteiger partial charge in [-0.1, -0.05) is 0 Å². The summed E-state index contributed by atoms with van der Waals surface area (Å²) < 4.78 is 301. The Labute approximate surface area is 822 Å². The van der Waals surface area contributed by atoms with E-state index >= 15 is 0 Å². The number of hydrogen-bond donors (Lipinski definition) is 1. The predicted octanol–water partition coefficient (Wildman–Crippen LogP) is 7.44. The van der Waals surface area contributed by atoms with Crippen LogP contribution < -0.4 is 0 Å². The van der Waals surface area contributed by atoms with Crippen LogP contribution in [0.3, 0.4) is 0 Å². The van der Waals surface area contributed by atoms with Crippen LogP contribution in [0.4, 0.5) is 52.7 Å². The molecular weight excluding hydrogens is 2000 g/mol. The lowest BCUT2D eigenvalue weighted by Gasteiger charge is -2.62. The number of hydrogen-bond acceptors (Lipinski definition) is 40. The van der Waals surface area contributed by atoms with Gasteiger partial charge in [-0.15, -0.1) is 0 Å². The number of rotatable bonds is 17. The summed E-state index contributed by atoms with van der Waals surface area (Å²) in [5.41, 5.74) is -3.63. The second kappa shape index (κ2) is 36.5. The van der Waals surface area contributed by atoms with Crippen molar-refractivity contribution in [2.45, 2.75) is 407 Å². The summed E-state index contributed by atoms with van der Waals surface area (Å²) in [5, 5.41) is 9.89. The molecule has 52 heteroatoms. The standard InChI is InChI=1S/C23H30F2O9.C21H24F2O9.C19H22F2O8.C17H20F2O6.2C7H8F2O4/c1-4-28-10(2)29-16-14-15(30-18(16)26)17-19(31-14)33-23(32-17)12-5-11-6-13(23)9-22(7-11,8-12)34-20(27)21(3,24)25;1-8(24)27-14-12-13(28-16(14)25)15-17(29-12)31-21(30-15)10-3-9-4-11(21)7-20(5-9,6-10)32-18(26)19(2,22)23;1-17(20,21)16(24)29-18-4-7-2-8(5-18)19(9(3-7)6-18)27-13-12-11(26-15(13)28-19)10(22)14(23)25-12;1-15(18,19)14(21)25-16-4-8-2-9(5-16)17(10(3-8)6-16)23-11-7-22-13(20)12(11)24-17;1-7(8,9)6(11)13-4-2-5(10)12-3-4;1-7(8,9)6(11)13-4-2-3-12-5(4)10/h10-17,19H,4-9H2,1-3H3;9-15,17H,3-7H2,1-2H3;7-13,15,22H,2-6H2,1H3;8-12H,2-7H2,1H3;2*4H,2-3H2,1H3. The third kappa shape index (κ3) is 18.7. The zero-order valence-corrected chi connectivity index (χ0v) is 80.3.